The molecular weight excluding hydrogens is 733 g/mol. The molecule has 0 aliphatic heterocycles. The van der Waals surface area contributed by atoms with Crippen LogP contribution in [0.4, 0.5) is 0 Å². The molecule has 0 N–H and O–H groups in total. The number of carbonyl (C=O) groups excluding carboxylic acids is 3. The largest absolute Gasteiger partial charge is 0.462 e. The van der Waals surface area contributed by atoms with Gasteiger partial charge in [-0.25, -0.2) is 0 Å². The molecule has 0 rings (SSSR count). The van der Waals surface area contributed by atoms with Crippen molar-refractivity contribution >= 4 is 17.9 Å². The Morgan fingerprint density at radius 3 is 0.847 bits per heavy atom. The minimum absolute atomic E-state index is 0.0732. The summed E-state index contributed by atoms with van der Waals surface area (Å²) in [5.41, 5.74) is 0. The van der Waals surface area contributed by atoms with Gasteiger partial charge in [-0.05, 0) is 70.6 Å². The summed E-state index contributed by atoms with van der Waals surface area (Å²) in [4.78, 5) is 37.8. The monoisotopic (exact) mass is 831 g/mol. The molecule has 0 heterocycles. The fourth-order valence-electron chi connectivity index (χ4n) is 7.49. The van der Waals surface area contributed by atoms with Gasteiger partial charge < -0.3 is 14.2 Å². The van der Waals surface area contributed by atoms with Gasteiger partial charge in [-0.15, -0.1) is 0 Å². The number of carbonyl (C=O) groups is 3. The van der Waals surface area contributed by atoms with Crippen molar-refractivity contribution in [2.45, 2.75) is 284 Å². The molecule has 59 heavy (non-hydrogen) atoms. The Morgan fingerprint density at radius 1 is 0.322 bits per heavy atom. The maximum atomic E-state index is 12.8. The number of rotatable bonds is 47. The van der Waals surface area contributed by atoms with E-state index in [1.807, 2.05) is 0 Å². The first-order valence-corrected chi connectivity index (χ1v) is 25.8. The van der Waals surface area contributed by atoms with E-state index in [1.165, 1.54) is 173 Å². The lowest BCUT2D eigenvalue weighted by Crippen LogP contribution is -2.30. The van der Waals surface area contributed by atoms with Gasteiger partial charge in [0.05, 0.1) is 0 Å². The van der Waals surface area contributed by atoms with Crippen LogP contribution in [-0.2, 0) is 28.6 Å². The summed E-state index contributed by atoms with van der Waals surface area (Å²) in [6.07, 6.45) is 54.5. The molecule has 0 aromatic rings. The highest BCUT2D eigenvalue weighted by molar-refractivity contribution is 5.71. The predicted octanol–water partition coefficient (Wildman–Crippen LogP) is 16.8. The fourth-order valence-corrected chi connectivity index (χ4v) is 7.49. The van der Waals surface area contributed by atoms with Crippen LogP contribution in [0.25, 0.3) is 0 Å². The summed E-state index contributed by atoms with van der Waals surface area (Å²) in [7, 11) is 0. The number of allylic oxidation sites excluding steroid dienone is 4. The van der Waals surface area contributed by atoms with E-state index in [-0.39, 0.29) is 31.1 Å². The maximum absolute atomic E-state index is 12.8. The Labute approximate surface area is 366 Å². The quantitative estimate of drug-likeness (QED) is 0.0263. The zero-order chi connectivity index (χ0) is 43.0. The number of unbranched alkanes of at least 4 members (excludes halogenated alkanes) is 32. The molecule has 0 spiro atoms. The lowest BCUT2D eigenvalue weighted by molar-refractivity contribution is -0.167. The van der Waals surface area contributed by atoms with Crippen LogP contribution in [-0.4, -0.2) is 37.2 Å². The Kier molecular flexibility index (Phi) is 46.8. The van der Waals surface area contributed by atoms with Crippen LogP contribution in [0.15, 0.2) is 24.3 Å². The zero-order valence-corrected chi connectivity index (χ0v) is 39.5. The van der Waals surface area contributed by atoms with E-state index in [0.717, 1.165) is 64.2 Å². The summed E-state index contributed by atoms with van der Waals surface area (Å²) >= 11 is 0. The van der Waals surface area contributed by atoms with Crippen molar-refractivity contribution in [3.63, 3.8) is 0 Å². The van der Waals surface area contributed by atoms with Crippen molar-refractivity contribution in [3.05, 3.63) is 24.3 Å². The summed E-state index contributed by atoms with van der Waals surface area (Å²) in [6, 6.07) is 0. The fraction of sp³-hybridized carbons (Fsp3) is 0.868. The van der Waals surface area contributed by atoms with Crippen LogP contribution in [0.3, 0.4) is 0 Å². The van der Waals surface area contributed by atoms with Crippen LogP contribution < -0.4 is 0 Å². The van der Waals surface area contributed by atoms with Crippen molar-refractivity contribution in [1.29, 1.82) is 0 Å². The van der Waals surface area contributed by atoms with Crippen LogP contribution in [0.5, 0.6) is 0 Å². The van der Waals surface area contributed by atoms with Crippen LogP contribution in [0, 0.1) is 0 Å². The van der Waals surface area contributed by atoms with Gasteiger partial charge in [-0.3, -0.25) is 14.4 Å². The van der Waals surface area contributed by atoms with Gasteiger partial charge in [0.1, 0.15) is 13.2 Å². The lowest BCUT2D eigenvalue weighted by atomic mass is 10.1. The molecule has 1 unspecified atom stereocenters. The Balaban J connectivity index is 4.27. The van der Waals surface area contributed by atoms with Gasteiger partial charge in [0, 0.05) is 19.3 Å². The molecule has 346 valence electrons. The van der Waals surface area contributed by atoms with Crippen molar-refractivity contribution < 1.29 is 28.6 Å². The zero-order valence-electron chi connectivity index (χ0n) is 39.5. The van der Waals surface area contributed by atoms with Gasteiger partial charge in [-0.1, -0.05) is 212 Å². The third-order valence-electron chi connectivity index (χ3n) is 11.4. The molecule has 0 saturated heterocycles. The van der Waals surface area contributed by atoms with E-state index < -0.39 is 6.10 Å². The third-order valence-corrected chi connectivity index (χ3v) is 11.4. The molecule has 0 aromatic carbocycles. The van der Waals surface area contributed by atoms with Crippen LogP contribution >= 0.6 is 0 Å². The van der Waals surface area contributed by atoms with Crippen molar-refractivity contribution in [3.8, 4) is 0 Å². The highest BCUT2D eigenvalue weighted by atomic mass is 16.6. The minimum Gasteiger partial charge on any atom is -0.462 e. The molecule has 0 bridgehead atoms. The van der Waals surface area contributed by atoms with Gasteiger partial charge >= 0.3 is 17.9 Å². The van der Waals surface area contributed by atoms with E-state index in [4.69, 9.17) is 14.2 Å². The van der Waals surface area contributed by atoms with E-state index in [0.29, 0.717) is 19.3 Å². The third kappa shape index (κ3) is 46.8. The maximum Gasteiger partial charge on any atom is 0.306 e. The van der Waals surface area contributed by atoms with Gasteiger partial charge in [-0.2, -0.15) is 0 Å². The standard InChI is InChI=1S/C53H98O6/c1-4-7-10-13-16-19-21-23-25-26-27-29-30-32-34-37-40-43-46-52(55)58-49-50(48-57-51(54)45-42-39-36-18-15-12-9-6-3)59-53(56)47-44-41-38-35-33-31-28-24-22-20-17-14-11-8-5-2/h24-26,28,50H,4-23,27,29-49H2,1-3H3/b26-25-,28-24-. The highest BCUT2D eigenvalue weighted by Gasteiger charge is 2.19. The van der Waals surface area contributed by atoms with E-state index in [2.05, 4.69) is 45.1 Å². The predicted molar refractivity (Wildman–Crippen MR) is 252 cm³/mol. The average molecular weight is 831 g/mol. The molecule has 0 aromatic heterocycles. The molecule has 0 amide bonds. The number of hydrogen-bond donors (Lipinski definition) is 0. The first kappa shape index (κ1) is 56.9. The van der Waals surface area contributed by atoms with Crippen molar-refractivity contribution in [2.75, 3.05) is 13.2 Å². The normalized spacial score (nSPS) is 12.1. The molecule has 0 aliphatic rings. The molecule has 1 atom stereocenters. The topological polar surface area (TPSA) is 78.9 Å². The van der Waals surface area contributed by atoms with Crippen molar-refractivity contribution in [2.24, 2.45) is 0 Å². The second-order valence-corrected chi connectivity index (χ2v) is 17.4. The van der Waals surface area contributed by atoms with Gasteiger partial charge in [0.2, 0.25) is 0 Å². The Hall–Kier alpha value is -2.11. The number of hydrogen-bond acceptors (Lipinski definition) is 6. The van der Waals surface area contributed by atoms with Gasteiger partial charge in [0.25, 0.3) is 0 Å². The molecule has 0 radical (unpaired) electrons. The van der Waals surface area contributed by atoms with Crippen LogP contribution in [0.1, 0.15) is 278 Å². The molecule has 6 heteroatoms. The first-order chi connectivity index (χ1) is 29.0. The number of esters is 3. The lowest BCUT2D eigenvalue weighted by Gasteiger charge is -2.18. The van der Waals surface area contributed by atoms with E-state index in [9.17, 15) is 14.4 Å². The smallest absolute Gasteiger partial charge is 0.306 e. The second-order valence-electron chi connectivity index (χ2n) is 17.4. The SMILES string of the molecule is CCCCCCCC/C=C\CCCCCCCC(=O)OC(COC(=O)CCCCCCCCCC)COC(=O)CCCCCCCCC/C=C\CCCCCCCCC. The summed E-state index contributed by atoms with van der Waals surface area (Å²) in [5.74, 6) is -0.880. The summed E-state index contributed by atoms with van der Waals surface area (Å²) in [5, 5.41) is 0. The minimum atomic E-state index is -0.771. The molecule has 0 aliphatic carbocycles. The van der Waals surface area contributed by atoms with Crippen LogP contribution in [0.2, 0.25) is 0 Å². The Morgan fingerprint density at radius 2 is 0.559 bits per heavy atom. The van der Waals surface area contributed by atoms with E-state index in [1.54, 1.807) is 0 Å². The first-order valence-electron chi connectivity index (χ1n) is 25.8. The van der Waals surface area contributed by atoms with E-state index >= 15 is 0 Å². The highest BCUT2D eigenvalue weighted by Crippen LogP contribution is 2.15. The molecule has 0 saturated carbocycles. The molecular formula is C53H98O6. The summed E-state index contributed by atoms with van der Waals surface area (Å²) in [6.45, 7) is 6.61. The molecule has 0 fully saturated rings. The van der Waals surface area contributed by atoms with Crippen molar-refractivity contribution in [1.82, 2.24) is 0 Å². The van der Waals surface area contributed by atoms with Gasteiger partial charge in [0.15, 0.2) is 6.10 Å². The molecule has 6 nitrogen and oxygen atoms in total. The number of ether oxygens (including phenoxy) is 3. The average Bonchev–Trinajstić information content (AvgIpc) is 3.23. The second kappa shape index (κ2) is 48.6. The summed E-state index contributed by atoms with van der Waals surface area (Å²) < 4.78 is 16.7. The Bertz CT molecular complexity index is 958.